The molecule has 0 aliphatic carbocycles. The number of thioether (sulfide) groups is 1. The lowest BCUT2D eigenvalue weighted by Crippen LogP contribution is -2.44. The second kappa shape index (κ2) is 7.45. The molecule has 2 aliphatic rings. The van der Waals surface area contributed by atoms with Crippen molar-refractivity contribution in [2.24, 2.45) is 0 Å². The monoisotopic (exact) mass is 389 g/mol. The van der Waals surface area contributed by atoms with Crippen LogP contribution in [0.3, 0.4) is 0 Å². The SMILES string of the molecule is CN1CCN(c2ccnc(N3CSc4cc(-c5ccncc5)ccc43)c2)CC1. The average molecular weight is 390 g/mol. The van der Waals surface area contributed by atoms with Gasteiger partial charge in [-0.15, -0.1) is 11.8 Å². The molecule has 0 spiro atoms. The van der Waals surface area contributed by atoms with Gasteiger partial charge < -0.3 is 14.7 Å². The molecule has 5 nitrogen and oxygen atoms in total. The first-order chi connectivity index (χ1) is 13.8. The number of aromatic nitrogens is 2. The van der Waals surface area contributed by atoms with Crippen LogP contribution in [0, 0.1) is 0 Å². The lowest BCUT2D eigenvalue weighted by atomic mass is 10.1. The number of hydrogen-bond donors (Lipinski definition) is 0. The summed E-state index contributed by atoms with van der Waals surface area (Å²) in [5.74, 6) is 1.92. The first kappa shape index (κ1) is 17.5. The first-order valence-electron chi connectivity index (χ1n) is 9.62. The molecule has 5 rings (SSSR count). The first-order valence-corrected chi connectivity index (χ1v) is 10.6. The Kier molecular flexibility index (Phi) is 4.66. The molecule has 0 N–H and O–H groups in total. The lowest BCUT2D eigenvalue weighted by molar-refractivity contribution is 0.313. The normalized spacial score (nSPS) is 17.0. The van der Waals surface area contributed by atoms with Crippen molar-refractivity contribution in [2.75, 3.05) is 48.9 Å². The van der Waals surface area contributed by atoms with Crippen LogP contribution >= 0.6 is 11.8 Å². The molecule has 1 saturated heterocycles. The minimum Gasteiger partial charge on any atom is -0.369 e. The average Bonchev–Trinajstić information content (AvgIpc) is 3.18. The Bertz CT molecular complexity index is 970. The van der Waals surface area contributed by atoms with Gasteiger partial charge in [0.2, 0.25) is 0 Å². The Labute approximate surface area is 170 Å². The second-order valence-electron chi connectivity index (χ2n) is 7.28. The number of fused-ring (bicyclic) bond motifs is 1. The Balaban J connectivity index is 1.41. The van der Waals surface area contributed by atoms with Gasteiger partial charge in [-0.25, -0.2) is 4.98 Å². The quantitative estimate of drug-likeness (QED) is 0.671. The molecule has 3 aromatic rings. The second-order valence-corrected chi connectivity index (χ2v) is 8.27. The van der Waals surface area contributed by atoms with E-state index in [1.54, 1.807) is 0 Å². The molecule has 1 aromatic carbocycles. The van der Waals surface area contributed by atoms with Crippen LogP contribution in [0.1, 0.15) is 0 Å². The van der Waals surface area contributed by atoms with Gasteiger partial charge in [0, 0.05) is 61.4 Å². The molecule has 2 aromatic heterocycles. The molecule has 1 fully saturated rings. The number of pyridine rings is 2. The molecule has 4 heterocycles. The van der Waals surface area contributed by atoms with E-state index in [-0.39, 0.29) is 0 Å². The van der Waals surface area contributed by atoms with E-state index in [1.807, 2.05) is 30.4 Å². The highest BCUT2D eigenvalue weighted by molar-refractivity contribution is 7.99. The predicted octanol–water partition coefficient (Wildman–Crippen LogP) is 4.10. The Morgan fingerprint density at radius 2 is 1.68 bits per heavy atom. The number of nitrogens with zero attached hydrogens (tertiary/aromatic N) is 5. The van der Waals surface area contributed by atoms with Crippen LogP contribution in [0.5, 0.6) is 0 Å². The summed E-state index contributed by atoms with van der Waals surface area (Å²) < 4.78 is 0. The molecule has 0 bridgehead atoms. The third kappa shape index (κ3) is 3.34. The molecular formula is C22H23N5S. The molecule has 28 heavy (non-hydrogen) atoms. The van der Waals surface area contributed by atoms with Crippen molar-refractivity contribution in [3.8, 4) is 11.1 Å². The summed E-state index contributed by atoms with van der Waals surface area (Å²) in [5, 5.41) is 0. The van der Waals surface area contributed by atoms with Crippen molar-refractivity contribution in [3.05, 3.63) is 61.1 Å². The van der Waals surface area contributed by atoms with Gasteiger partial charge in [0.25, 0.3) is 0 Å². The van der Waals surface area contributed by atoms with E-state index in [2.05, 4.69) is 74.2 Å². The van der Waals surface area contributed by atoms with E-state index in [1.165, 1.54) is 27.4 Å². The molecule has 2 aliphatic heterocycles. The van der Waals surface area contributed by atoms with Crippen LogP contribution in [0.15, 0.2) is 66.0 Å². The van der Waals surface area contributed by atoms with E-state index >= 15 is 0 Å². The molecule has 142 valence electrons. The highest BCUT2D eigenvalue weighted by atomic mass is 32.2. The van der Waals surface area contributed by atoms with Crippen molar-refractivity contribution in [2.45, 2.75) is 4.90 Å². The minimum absolute atomic E-state index is 0.897. The van der Waals surface area contributed by atoms with E-state index in [0.29, 0.717) is 0 Å². The summed E-state index contributed by atoms with van der Waals surface area (Å²) in [4.78, 5) is 17.3. The van der Waals surface area contributed by atoms with Crippen molar-refractivity contribution in [1.29, 1.82) is 0 Å². The van der Waals surface area contributed by atoms with E-state index in [9.17, 15) is 0 Å². The molecule has 6 heteroatoms. The van der Waals surface area contributed by atoms with Crippen LogP contribution in [0.4, 0.5) is 17.2 Å². The summed E-state index contributed by atoms with van der Waals surface area (Å²) >= 11 is 1.87. The van der Waals surface area contributed by atoms with E-state index in [4.69, 9.17) is 0 Å². The number of piperazine rings is 1. The van der Waals surface area contributed by atoms with Crippen LogP contribution in [-0.4, -0.2) is 54.0 Å². The highest BCUT2D eigenvalue weighted by Gasteiger charge is 2.23. The largest absolute Gasteiger partial charge is 0.369 e. The van der Waals surface area contributed by atoms with Crippen molar-refractivity contribution in [3.63, 3.8) is 0 Å². The number of anilines is 3. The van der Waals surface area contributed by atoms with E-state index in [0.717, 1.165) is 37.9 Å². The van der Waals surface area contributed by atoms with Gasteiger partial charge in [-0.05, 0) is 48.5 Å². The number of rotatable bonds is 3. The molecule has 0 unspecified atom stereocenters. The van der Waals surface area contributed by atoms with Crippen LogP contribution < -0.4 is 9.80 Å². The van der Waals surface area contributed by atoms with Gasteiger partial charge in [0.1, 0.15) is 5.82 Å². The summed E-state index contributed by atoms with van der Waals surface area (Å²) in [5.41, 5.74) is 4.94. The minimum atomic E-state index is 0.897. The van der Waals surface area contributed by atoms with Crippen LogP contribution in [-0.2, 0) is 0 Å². The maximum absolute atomic E-state index is 4.68. The molecule has 0 radical (unpaired) electrons. The smallest absolute Gasteiger partial charge is 0.135 e. The zero-order chi connectivity index (χ0) is 18.9. The standard InChI is InChI=1S/C22H23N5S/c1-25-10-12-26(13-11-25)19-6-9-24-22(15-19)27-16-28-21-14-18(2-3-20(21)27)17-4-7-23-8-5-17/h2-9,14-15H,10-13,16H2,1H3. The van der Waals surface area contributed by atoms with Crippen molar-refractivity contribution < 1.29 is 0 Å². The zero-order valence-electron chi connectivity index (χ0n) is 16.0. The maximum Gasteiger partial charge on any atom is 0.135 e. The third-order valence-electron chi connectivity index (χ3n) is 5.49. The topological polar surface area (TPSA) is 35.5 Å². The number of likely N-dealkylation sites (N-methyl/N-ethyl adjacent to an activating group) is 1. The van der Waals surface area contributed by atoms with Gasteiger partial charge in [0.05, 0.1) is 11.6 Å². The summed E-state index contributed by atoms with van der Waals surface area (Å²) in [6.07, 6.45) is 5.63. The fourth-order valence-electron chi connectivity index (χ4n) is 3.79. The third-order valence-corrected chi connectivity index (χ3v) is 6.51. The Morgan fingerprint density at radius 1 is 0.857 bits per heavy atom. The molecule has 0 atom stereocenters. The van der Waals surface area contributed by atoms with Gasteiger partial charge in [-0.2, -0.15) is 0 Å². The fraction of sp³-hybridized carbons (Fsp3) is 0.273. The molecular weight excluding hydrogens is 366 g/mol. The summed E-state index contributed by atoms with van der Waals surface area (Å²) in [6, 6.07) is 15.2. The van der Waals surface area contributed by atoms with Crippen LogP contribution in [0.25, 0.3) is 11.1 Å². The molecule has 0 saturated carbocycles. The fourth-order valence-corrected chi connectivity index (χ4v) is 4.86. The Hall–Kier alpha value is -2.57. The molecule has 0 amide bonds. The number of benzene rings is 1. The van der Waals surface area contributed by atoms with Gasteiger partial charge >= 0.3 is 0 Å². The lowest BCUT2D eigenvalue weighted by Gasteiger charge is -2.34. The zero-order valence-corrected chi connectivity index (χ0v) is 16.8. The summed E-state index contributed by atoms with van der Waals surface area (Å²) in [6.45, 7) is 4.36. The van der Waals surface area contributed by atoms with Gasteiger partial charge in [-0.3, -0.25) is 4.98 Å². The van der Waals surface area contributed by atoms with Gasteiger partial charge in [-0.1, -0.05) is 6.07 Å². The predicted molar refractivity (Wildman–Crippen MR) is 116 cm³/mol. The maximum atomic E-state index is 4.68. The van der Waals surface area contributed by atoms with Gasteiger partial charge in [0.15, 0.2) is 0 Å². The van der Waals surface area contributed by atoms with Crippen molar-refractivity contribution in [1.82, 2.24) is 14.9 Å². The summed E-state index contributed by atoms with van der Waals surface area (Å²) in [7, 11) is 2.19. The Morgan fingerprint density at radius 3 is 2.50 bits per heavy atom. The number of hydrogen-bond acceptors (Lipinski definition) is 6. The highest BCUT2D eigenvalue weighted by Crippen LogP contribution is 2.44. The van der Waals surface area contributed by atoms with Crippen molar-refractivity contribution >= 4 is 29.0 Å². The van der Waals surface area contributed by atoms with Crippen LogP contribution in [0.2, 0.25) is 0 Å². The van der Waals surface area contributed by atoms with E-state index < -0.39 is 0 Å².